The fourth-order valence-electron chi connectivity index (χ4n) is 2.00. The van der Waals surface area contributed by atoms with Gasteiger partial charge in [-0.05, 0) is 48.2 Å². The summed E-state index contributed by atoms with van der Waals surface area (Å²) in [5.41, 5.74) is 8.45. The van der Waals surface area contributed by atoms with Crippen molar-refractivity contribution in [3.8, 4) is 0 Å². The Bertz CT molecular complexity index is 576. The van der Waals surface area contributed by atoms with Crippen LogP contribution >= 0.6 is 27.7 Å². The van der Waals surface area contributed by atoms with E-state index in [1.807, 2.05) is 6.92 Å². The fourth-order valence-corrected chi connectivity index (χ4v) is 3.75. The van der Waals surface area contributed by atoms with E-state index in [-0.39, 0.29) is 6.04 Å². The summed E-state index contributed by atoms with van der Waals surface area (Å²) in [6.45, 7) is 6.43. The molecule has 20 heavy (non-hydrogen) atoms. The maximum atomic E-state index is 5.93. The van der Waals surface area contributed by atoms with Crippen molar-refractivity contribution in [1.29, 1.82) is 0 Å². The fraction of sp³-hybridized carbons (Fsp3) is 0.294. The number of benzene rings is 2. The van der Waals surface area contributed by atoms with Gasteiger partial charge in [0.1, 0.15) is 0 Å². The molecule has 0 aliphatic rings. The molecule has 0 saturated heterocycles. The normalized spacial score (nSPS) is 12.7. The Morgan fingerprint density at radius 3 is 2.05 bits per heavy atom. The topological polar surface area (TPSA) is 26.0 Å². The first-order valence-corrected chi connectivity index (χ1v) is 8.41. The zero-order chi connectivity index (χ0) is 14.7. The average molecular weight is 350 g/mol. The number of hydrogen-bond acceptors (Lipinski definition) is 2. The minimum atomic E-state index is 0.0498. The van der Waals surface area contributed by atoms with E-state index in [4.69, 9.17) is 5.73 Å². The molecule has 0 aromatic heterocycles. The number of nitrogens with two attached hydrogens (primary N) is 1. The Labute approximate surface area is 134 Å². The zero-order valence-corrected chi connectivity index (χ0v) is 14.5. The van der Waals surface area contributed by atoms with Gasteiger partial charge in [-0.3, -0.25) is 0 Å². The Hall–Kier alpha value is -0.770. The number of halogens is 1. The lowest BCUT2D eigenvalue weighted by molar-refractivity contribution is 0.811. The third-order valence-electron chi connectivity index (χ3n) is 3.24. The van der Waals surface area contributed by atoms with Crippen LogP contribution < -0.4 is 5.73 Å². The first-order valence-electron chi connectivity index (χ1n) is 6.80. The monoisotopic (exact) mass is 349 g/mol. The van der Waals surface area contributed by atoms with Gasteiger partial charge in [-0.15, -0.1) is 0 Å². The summed E-state index contributed by atoms with van der Waals surface area (Å²) < 4.78 is 1.08. The van der Waals surface area contributed by atoms with Crippen LogP contribution in [0.2, 0.25) is 0 Å². The molecule has 2 aromatic rings. The summed E-state index contributed by atoms with van der Waals surface area (Å²) in [5.74, 6) is 0.577. The molecule has 0 aliphatic heterocycles. The molecule has 0 amide bonds. The van der Waals surface area contributed by atoms with Crippen molar-refractivity contribution in [3.63, 3.8) is 0 Å². The molecule has 0 spiro atoms. The van der Waals surface area contributed by atoms with Crippen molar-refractivity contribution in [3.05, 3.63) is 58.1 Å². The molecule has 0 aliphatic carbocycles. The molecule has 0 fully saturated rings. The predicted molar refractivity (Wildman–Crippen MR) is 91.4 cm³/mol. The molecule has 0 saturated carbocycles. The molecular formula is C17H20BrNS. The van der Waals surface area contributed by atoms with Crippen molar-refractivity contribution in [2.24, 2.45) is 5.73 Å². The van der Waals surface area contributed by atoms with Gasteiger partial charge in [0.25, 0.3) is 0 Å². The first kappa shape index (κ1) is 15.6. The van der Waals surface area contributed by atoms with E-state index in [0.717, 1.165) is 10.0 Å². The van der Waals surface area contributed by atoms with E-state index >= 15 is 0 Å². The van der Waals surface area contributed by atoms with E-state index in [1.165, 1.54) is 15.4 Å². The van der Waals surface area contributed by atoms with Gasteiger partial charge < -0.3 is 5.73 Å². The van der Waals surface area contributed by atoms with E-state index in [9.17, 15) is 0 Å². The average Bonchev–Trinajstić information content (AvgIpc) is 2.39. The van der Waals surface area contributed by atoms with E-state index in [2.05, 4.69) is 72.2 Å². The Morgan fingerprint density at radius 1 is 0.950 bits per heavy atom. The molecule has 2 N–H and O–H groups in total. The molecule has 1 nitrogen and oxygen atoms in total. The summed E-state index contributed by atoms with van der Waals surface area (Å²) >= 11 is 5.37. The zero-order valence-electron chi connectivity index (χ0n) is 12.1. The number of rotatable bonds is 4. The first-order chi connectivity index (χ1) is 9.47. The van der Waals surface area contributed by atoms with Gasteiger partial charge in [0.2, 0.25) is 0 Å². The van der Waals surface area contributed by atoms with Crippen molar-refractivity contribution < 1.29 is 0 Å². The van der Waals surface area contributed by atoms with E-state index in [1.54, 1.807) is 11.8 Å². The lowest BCUT2D eigenvalue weighted by Crippen LogP contribution is -2.05. The third kappa shape index (κ3) is 3.87. The minimum absolute atomic E-state index is 0.0498. The molecule has 2 aromatic carbocycles. The van der Waals surface area contributed by atoms with Crippen molar-refractivity contribution in [1.82, 2.24) is 0 Å². The molecule has 0 unspecified atom stereocenters. The van der Waals surface area contributed by atoms with Gasteiger partial charge in [0.15, 0.2) is 0 Å². The van der Waals surface area contributed by atoms with Gasteiger partial charge in [-0.25, -0.2) is 0 Å². The van der Waals surface area contributed by atoms with Crippen LogP contribution in [0, 0.1) is 0 Å². The van der Waals surface area contributed by atoms with Crippen LogP contribution in [0.1, 0.15) is 43.9 Å². The van der Waals surface area contributed by atoms with Gasteiger partial charge in [-0.2, -0.15) is 0 Å². The lowest BCUT2D eigenvalue weighted by atomic mass is 10.0. The van der Waals surface area contributed by atoms with E-state index in [0.29, 0.717) is 5.92 Å². The van der Waals surface area contributed by atoms with Gasteiger partial charge in [0, 0.05) is 20.3 Å². The van der Waals surface area contributed by atoms with Gasteiger partial charge in [-0.1, -0.05) is 59.7 Å². The molecule has 0 heterocycles. The molecule has 1 atom stereocenters. The summed E-state index contributed by atoms with van der Waals surface area (Å²) in [6, 6.07) is 15.2. The van der Waals surface area contributed by atoms with Crippen LogP contribution in [-0.4, -0.2) is 0 Å². The van der Waals surface area contributed by atoms with Crippen LogP contribution in [0.25, 0.3) is 0 Å². The summed E-state index contributed by atoms with van der Waals surface area (Å²) in [5, 5.41) is 0. The maximum absolute atomic E-state index is 5.93. The Morgan fingerprint density at radius 2 is 1.55 bits per heavy atom. The highest BCUT2D eigenvalue weighted by Gasteiger charge is 2.07. The number of hydrogen-bond donors (Lipinski definition) is 1. The molecule has 106 valence electrons. The van der Waals surface area contributed by atoms with Crippen LogP contribution in [-0.2, 0) is 0 Å². The quantitative estimate of drug-likeness (QED) is 0.760. The molecule has 3 heteroatoms. The van der Waals surface area contributed by atoms with Crippen molar-refractivity contribution in [2.45, 2.75) is 42.5 Å². The van der Waals surface area contributed by atoms with Crippen LogP contribution in [0.5, 0.6) is 0 Å². The molecule has 0 radical (unpaired) electrons. The predicted octanol–water partition coefficient (Wildman–Crippen LogP) is 5.74. The SMILES string of the molecule is CC(C)c1ccc(Sc2ccc([C@@H](C)N)c(Br)c2)cc1. The second kappa shape index (κ2) is 6.79. The van der Waals surface area contributed by atoms with Crippen LogP contribution in [0.3, 0.4) is 0 Å². The summed E-state index contributed by atoms with van der Waals surface area (Å²) in [6.07, 6.45) is 0. The lowest BCUT2D eigenvalue weighted by Gasteiger charge is -2.11. The highest BCUT2D eigenvalue weighted by atomic mass is 79.9. The van der Waals surface area contributed by atoms with E-state index < -0.39 is 0 Å². The minimum Gasteiger partial charge on any atom is -0.324 e. The smallest absolute Gasteiger partial charge is 0.0277 e. The largest absolute Gasteiger partial charge is 0.324 e. The standard InChI is InChI=1S/C17H20BrNS/c1-11(2)13-4-6-14(7-5-13)20-15-8-9-16(12(3)19)17(18)10-15/h4-12H,19H2,1-3H3/t12-/m1/s1. The summed E-state index contributed by atoms with van der Waals surface area (Å²) in [7, 11) is 0. The van der Waals surface area contributed by atoms with Crippen LogP contribution in [0.4, 0.5) is 0 Å². The van der Waals surface area contributed by atoms with Crippen LogP contribution in [0.15, 0.2) is 56.7 Å². The highest BCUT2D eigenvalue weighted by Crippen LogP contribution is 2.33. The van der Waals surface area contributed by atoms with Crippen molar-refractivity contribution >= 4 is 27.7 Å². The molecule has 2 rings (SSSR count). The van der Waals surface area contributed by atoms with Gasteiger partial charge in [0.05, 0.1) is 0 Å². The summed E-state index contributed by atoms with van der Waals surface area (Å²) in [4.78, 5) is 2.48. The second-order valence-corrected chi connectivity index (χ2v) is 7.30. The highest BCUT2D eigenvalue weighted by molar-refractivity contribution is 9.10. The van der Waals surface area contributed by atoms with Gasteiger partial charge >= 0.3 is 0 Å². The molecule has 0 bridgehead atoms. The van der Waals surface area contributed by atoms with Crippen molar-refractivity contribution in [2.75, 3.05) is 0 Å². The maximum Gasteiger partial charge on any atom is 0.0277 e. The second-order valence-electron chi connectivity index (χ2n) is 5.30. The third-order valence-corrected chi connectivity index (χ3v) is 4.93. The molecular weight excluding hydrogens is 330 g/mol. The Kier molecular flexibility index (Phi) is 5.30. The Balaban J connectivity index is 2.15.